The average Bonchev–Trinajstić information content (AvgIpc) is 3.11. The molecule has 0 saturated carbocycles. The van der Waals surface area contributed by atoms with Gasteiger partial charge in [0.1, 0.15) is 73.5 Å². The Bertz CT molecular complexity index is 1370. The summed E-state index contributed by atoms with van der Waals surface area (Å²) in [6, 6.07) is 12.0. The van der Waals surface area contributed by atoms with E-state index in [-0.39, 0.29) is 31.1 Å². The van der Waals surface area contributed by atoms with Gasteiger partial charge in [-0.2, -0.15) is 0 Å². The normalized spacial score (nSPS) is 30.9. The first-order chi connectivity index (χ1) is 23.8. The smallest absolute Gasteiger partial charge is 0.339 e. The van der Waals surface area contributed by atoms with Gasteiger partial charge in [0.2, 0.25) is 12.6 Å². The Hall–Kier alpha value is -3.46. The third-order valence-corrected chi connectivity index (χ3v) is 8.30. The second kappa shape index (κ2) is 17.7. The van der Waals surface area contributed by atoms with Crippen molar-refractivity contribution in [3.63, 3.8) is 0 Å². The second-order valence-electron chi connectivity index (χ2n) is 12.1. The number of hydrogen-bond acceptors (Lipinski definition) is 17. The van der Waals surface area contributed by atoms with E-state index in [1.54, 1.807) is 19.1 Å². The Morgan fingerprint density at radius 3 is 1.48 bits per heavy atom. The van der Waals surface area contributed by atoms with Crippen LogP contribution < -0.4 is 9.47 Å². The Balaban J connectivity index is 1.25. The van der Waals surface area contributed by atoms with Crippen molar-refractivity contribution in [2.24, 2.45) is 0 Å². The van der Waals surface area contributed by atoms with Crippen LogP contribution in [0.25, 0.3) is 0 Å². The van der Waals surface area contributed by atoms with Gasteiger partial charge in [-0.1, -0.05) is 37.6 Å². The van der Waals surface area contributed by atoms with E-state index in [1.165, 1.54) is 36.4 Å². The van der Waals surface area contributed by atoms with Crippen molar-refractivity contribution >= 4 is 11.9 Å². The van der Waals surface area contributed by atoms with Crippen LogP contribution in [-0.4, -0.2) is 138 Å². The quantitative estimate of drug-likeness (QED) is 0.0883. The van der Waals surface area contributed by atoms with Crippen LogP contribution in [0.3, 0.4) is 0 Å². The molecule has 0 aliphatic carbocycles. The van der Waals surface area contributed by atoms with E-state index in [2.05, 4.69) is 0 Å². The fraction of sp³-hybridized carbons (Fsp3) is 0.576. The summed E-state index contributed by atoms with van der Waals surface area (Å²) in [6.07, 6.45) is -14.9. The SMILES string of the molecule is CCC[C@](O)(CC(=O)OCc1ccc(O[C@@H]2O[C@H](CO)[C@@H](O)[C@H](O)[C@H]2O)cc1)C(=O)OCc1ccc(O[C@@H]2O[C@H](CO)[C@@H](O)[C@H](O)[C@H]2O)cc1. The number of aliphatic hydroxyl groups is 9. The summed E-state index contributed by atoms with van der Waals surface area (Å²) in [4.78, 5) is 25.6. The van der Waals surface area contributed by atoms with E-state index >= 15 is 0 Å². The van der Waals surface area contributed by atoms with Crippen LogP contribution in [-0.2, 0) is 41.8 Å². The molecular formula is C33H44O17. The van der Waals surface area contributed by atoms with Crippen molar-refractivity contribution in [2.45, 2.75) is 106 Å². The Morgan fingerprint density at radius 1 is 0.660 bits per heavy atom. The van der Waals surface area contributed by atoms with Crippen LogP contribution in [0.15, 0.2) is 48.5 Å². The van der Waals surface area contributed by atoms with Gasteiger partial charge in [0.05, 0.1) is 19.6 Å². The van der Waals surface area contributed by atoms with Gasteiger partial charge >= 0.3 is 11.9 Å². The molecule has 17 heteroatoms. The van der Waals surface area contributed by atoms with Gasteiger partial charge in [-0.05, 0) is 41.8 Å². The first-order valence-corrected chi connectivity index (χ1v) is 16.0. The maximum Gasteiger partial charge on any atom is 0.339 e. The van der Waals surface area contributed by atoms with Crippen molar-refractivity contribution in [1.82, 2.24) is 0 Å². The molecule has 2 aliphatic heterocycles. The molecule has 17 nitrogen and oxygen atoms in total. The molecule has 278 valence electrons. The Morgan fingerprint density at radius 2 is 1.08 bits per heavy atom. The standard InChI is InChI=1S/C33H44O17/c1-2-11-33(44,32(43)46-16-18-5-9-20(10-6-18)48-31-29(42)27(40)25(38)22(14-35)50-31)12-23(36)45-15-17-3-7-19(8-4-17)47-30-28(41)26(39)24(37)21(13-34)49-30/h3-10,21-22,24-31,34-35,37-42,44H,2,11-16H2,1H3/t21-,22-,24-,25-,26+,27+,28-,29-,30-,31-,33+/m1/s1. The maximum absolute atomic E-state index is 12.9. The molecule has 2 aliphatic rings. The topological polar surface area (TPSA) is 272 Å². The molecule has 2 fully saturated rings. The van der Waals surface area contributed by atoms with E-state index in [1.807, 2.05) is 0 Å². The molecule has 2 saturated heterocycles. The fourth-order valence-electron chi connectivity index (χ4n) is 5.34. The number of carbonyl (C=O) groups is 2. The zero-order chi connectivity index (χ0) is 36.6. The highest BCUT2D eigenvalue weighted by Gasteiger charge is 2.46. The van der Waals surface area contributed by atoms with E-state index in [0.29, 0.717) is 17.5 Å². The molecule has 2 aromatic carbocycles. The molecule has 0 radical (unpaired) electrons. The Labute approximate surface area is 286 Å². The van der Waals surface area contributed by atoms with Crippen molar-refractivity contribution in [1.29, 1.82) is 0 Å². The summed E-state index contributed by atoms with van der Waals surface area (Å²) in [5.41, 5.74) is -1.17. The predicted molar refractivity (Wildman–Crippen MR) is 166 cm³/mol. The minimum absolute atomic E-state index is 0.0865. The first-order valence-electron chi connectivity index (χ1n) is 16.0. The molecule has 0 bridgehead atoms. The lowest BCUT2D eigenvalue weighted by molar-refractivity contribution is -0.277. The number of ether oxygens (including phenoxy) is 6. The number of carbonyl (C=O) groups excluding carboxylic acids is 2. The first kappa shape index (κ1) is 39.3. The number of benzene rings is 2. The van der Waals surface area contributed by atoms with E-state index in [9.17, 15) is 55.5 Å². The van der Waals surface area contributed by atoms with Gasteiger partial charge in [-0.25, -0.2) is 4.79 Å². The summed E-state index contributed by atoms with van der Waals surface area (Å²) in [5.74, 6) is -1.49. The molecule has 2 heterocycles. The molecule has 9 N–H and O–H groups in total. The highest BCUT2D eigenvalue weighted by Crippen LogP contribution is 2.27. The zero-order valence-corrected chi connectivity index (χ0v) is 27.1. The molecule has 0 spiro atoms. The Kier molecular flexibility index (Phi) is 13.9. The van der Waals surface area contributed by atoms with Crippen molar-refractivity contribution in [3.8, 4) is 11.5 Å². The molecule has 2 aromatic rings. The number of rotatable bonds is 15. The van der Waals surface area contributed by atoms with Gasteiger partial charge in [0, 0.05) is 0 Å². The van der Waals surface area contributed by atoms with E-state index in [4.69, 9.17) is 28.4 Å². The molecule has 0 aromatic heterocycles. The monoisotopic (exact) mass is 712 g/mol. The van der Waals surface area contributed by atoms with Gasteiger partial charge in [-0.3, -0.25) is 4.79 Å². The molecule has 0 amide bonds. The van der Waals surface area contributed by atoms with Crippen LogP contribution in [0.1, 0.15) is 37.3 Å². The van der Waals surface area contributed by atoms with E-state index in [0.717, 1.165) is 0 Å². The van der Waals surface area contributed by atoms with E-state index < -0.39 is 98.6 Å². The molecule has 11 atom stereocenters. The minimum atomic E-state index is -2.17. The summed E-state index contributed by atoms with van der Waals surface area (Å²) in [6.45, 7) is 0.0148. The van der Waals surface area contributed by atoms with Crippen LogP contribution in [0.5, 0.6) is 11.5 Å². The van der Waals surface area contributed by atoms with Crippen LogP contribution in [0.2, 0.25) is 0 Å². The maximum atomic E-state index is 12.9. The van der Waals surface area contributed by atoms with Crippen molar-refractivity contribution in [2.75, 3.05) is 13.2 Å². The molecule has 0 unspecified atom stereocenters. The number of esters is 2. The lowest BCUT2D eigenvalue weighted by Crippen LogP contribution is -2.60. The highest BCUT2D eigenvalue weighted by atomic mass is 16.7. The van der Waals surface area contributed by atoms with Gasteiger partial charge in [0.25, 0.3) is 0 Å². The van der Waals surface area contributed by atoms with Crippen molar-refractivity contribution in [3.05, 3.63) is 59.7 Å². The molecule has 50 heavy (non-hydrogen) atoms. The van der Waals surface area contributed by atoms with Gasteiger partial charge < -0.3 is 74.4 Å². The summed E-state index contributed by atoms with van der Waals surface area (Å²) in [7, 11) is 0. The summed E-state index contributed by atoms with van der Waals surface area (Å²) < 4.78 is 32.3. The number of hydrogen-bond donors (Lipinski definition) is 9. The molecular weight excluding hydrogens is 668 g/mol. The lowest BCUT2D eigenvalue weighted by Gasteiger charge is -2.39. The summed E-state index contributed by atoms with van der Waals surface area (Å²) >= 11 is 0. The van der Waals surface area contributed by atoms with Crippen molar-refractivity contribution < 1.29 is 84.0 Å². The summed E-state index contributed by atoms with van der Waals surface area (Å²) in [5, 5.41) is 89.7. The zero-order valence-electron chi connectivity index (χ0n) is 27.1. The van der Waals surface area contributed by atoms with Crippen LogP contribution >= 0.6 is 0 Å². The third kappa shape index (κ3) is 9.65. The second-order valence-corrected chi connectivity index (χ2v) is 12.1. The average molecular weight is 713 g/mol. The highest BCUT2D eigenvalue weighted by molar-refractivity contribution is 5.85. The molecule has 4 rings (SSSR count). The third-order valence-electron chi connectivity index (χ3n) is 8.30. The number of aliphatic hydroxyl groups excluding tert-OH is 8. The van der Waals surface area contributed by atoms with Gasteiger partial charge in [0.15, 0.2) is 5.60 Å². The largest absolute Gasteiger partial charge is 0.462 e. The fourth-order valence-corrected chi connectivity index (χ4v) is 5.34. The minimum Gasteiger partial charge on any atom is -0.462 e. The van der Waals surface area contributed by atoms with Crippen LogP contribution in [0, 0.1) is 0 Å². The predicted octanol–water partition coefficient (Wildman–Crippen LogP) is -2.25. The lowest BCUT2D eigenvalue weighted by atomic mass is 9.94. The van der Waals surface area contributed by atoms with Gasteiger partial charge in [-0.15, -0.1) is 0 Å². The van der Waals surface area contributed by atoms with Crippen LogP contribution in [0.4, 0.5) is 0 Å².